The maximum absolute atomic E-state index is 13.3. The fourth-order valence-electron chi connectivity index (χ4n) is 3.19. The number of benzene rings is 3. The van der Waals surface area contributed by atoms with Gasteiger partial charge < -0.3 is 9.30 Å². The number of halogens is 3. The Labute approximate surface area is 178 Å². The van der Waals surface area contributed by atoms with Crippen LogP contribution in [0.5, 0.6) is 0 Å². The number of hydrogen-bond donors (Lipinski definition) is 0. The first-order valence-corrected chi connectivity index (χ1v) is 9.86. The number of hydrogen-bond acceptors (Lipinski definition) is 2. The molecule has 0 aliphatic carbocycles. The number of imidazole rings is 1. The Morgan fingerprint density at radius 2 is 1.40 bits per heavy atom. The summed E-state index contributed by atoms with van der Waals surface area (Å²) in [6.07, 6.45) is 3.26. The van der Waals surface area contributed by atoms with Crippen LogP contribution in [0.4, 0.5) is 8.78 Å². The first kappa shape index (κ1) is 20.3. The average Bonchev–Trinajstić information content (AvgIpc) is 3.22. The highest BCUT2D eigenvalue weighted by Crippen LogP contribution is 2.27. The van der Waals surface area contributed by atoms with Crippen LogP contribution in [0.3, 0.4) is 0 Å². The van der Waals surface area contributed by atoms with E-state index < -0.39 is 6.10 Å². The van der Waals surface area contributed by atoms with E-state index in [1.54, 1.807) is 30.6 Å². The molecule has 0 bridgehead atoms. The van der Waals surface area contributed by atoms with Crippen molar-refractivity contribution in [1.29, 1.82) is 0 Å². The summed E-state index contributed by atoms with van der Waals surface area (Å²) < 4.78 is 34.7. The molecule has 0 aliphatic rings. The summed E-state index contributed by atoms with van der Waals surface area (Å²) in [7, 11) is 0. The van der Waals surface area contributed by atoms with Gasteiger partial charge in [-0.25, -0.2) is 13.8 Å². The standard InChI is InChI=1S/C24H19ClF2N2O/c25-20-7-1-17(2-8-20)23-15-29(16-28-23)13-14-30-24(18-3-9-21(26)10-4-18)19-5-11-22(27)12-6-19/h1-12,15-16,24H,13-14H2. The van der Waals surface area contributed by atoms with Crippen molar-refractivity contribution in [2.45, 2.75) is 12.6 Å². The van der Waals surface area contributed by atoms with E-state index in [4.69, 9.17) is 16.3 Å². The van der Waals surface area contributed by atoms with Crippen molar-refractivity contribution in [2.24, 2.45) is 0 Å². The minimum atomic E-state index is -0.426. The predicted octanol–water partition coefficient (Wildman–Crippen LogP) is 6.29. The topological polar surface area (TPSA) is 27.1 Å². The van der Waals surface area contributed by atoms with Gasteiger partial charge in [0.25, 0.3) is 0 Å². The van der Waals surface area contributed by atoms with Crippen LogP contribution < -0.4 is 0 Å². The second-order valence-electron chi connectivity index (χ2n) is 6.86. The van der Waals surface area contributed by atoms with Gasteiger partial charge in [-0.15, -0.1) is 0 Å². The quantitative estimate of drug-likeness (QED) is 0.348. The van der Waals surface area contributed by atoms with Gasteiger partial charge in [0.1, 0.15) is 17.7 Å². The van der Waals surface area contributed by atoms with E-state index in [1.165, 1.54) is 24.3 Å². The molecule has 0 aliphatic heterocycles. The van der Waals surface area contributed by atoms with Crippen LogP contribution in [0, 0.1) is 11.6 Å². The SMILES string of the molecule is Fc1ccc(C(OCCn2cnc(-c3ccc(Cl)cc3)c2)c2ccc(F)cc2)cc1. The maximum atomic E-state index is 13.3. The van der Waals surface area contributed by atoms with Crippen LogP contribution in [0.15, 0.2) is 85.3 Å². The van der Waals surface area contributed by atoms with Gasteiger partial charge in [-0.1, -0.05) is 48.0 Å². The largest absolute Gasteiger partial charge is 0.367 e. The van der Waals surface area contributed by atoms with Gasteiger partial charge >= 0.3 is 0 Å². The van der Waals surface area contributed by atoms with Crippen LogP contribution in [0.2, 0.25) is 5.02 Å². The Kier molecular flexibility index (Phi) is 6.21. The van der Waals surface area contributed by atoms with E-state index in [-0.39, 0.29) is 11.6 Å². The molecule has 152 valence electrons. The summed E-state index contributed by atoms with van der Waals surface area (Å²) in [5.41, 5.74) is 3.43. The fourth-order valence-corrected chi connectivity index (χ4v) is 3.31. The zero-order chi connectivity index (χ0) is 20.9. The molecule has 1 heterocycles. The van der Waals surface area contributed by atoms with Crippen LogP contribution in [-0.2, 0) is 11.3 Å². The van der Waals surface area contributed by atoms with Gasteiger partial charge in [-0.05, 0) is 47.5 Å². The summed E-state index contributed by atoms with van der Waals surface area (Å²) >= 11 is 5.94. The minimum Gasteiger partial charge on any atom is -0.367 e. The van der Waals surface area contributed by atoms with Crippen molar-refractivity contribution in [3.63, 3.8) is 0 Å². The van der Waals surface area contributed by atoms with Crippen LogP contribution in [0.25, 0.3) is 11.3 Å². The third-order valence-electron chi connectivity index (χ3n) is 4.75. The van der Waals surface area contributed by atoms with E-state index in [0.717, 1.165) is 22.4 Å². The van der Waals surface area contributed by atoms with Gasteiger partial charge in [0.15, 0.2) is 0 Å². The highest BCUT2D eigenvalue weighted by atomic mass is 35.5. The van der Waals surface area contributed by atoms with E-state index in [0.29, 0.717) is 18.2 Å². The van der Waals surface area contributed by atoms with E-state index in [9.17, 15) is 8.78 Å². The highest BCUT2D eigenvalue weighted by molar-refractivity contribution is 6.30. The van der Waals surface area contributed by atoms with Gasteiger partial charge in [0.05, 0.1) is 18.6 Å². The highest BCUT2D eigenvalue weighted by Gasteiger charge is 2.15. The van der Waals surface area contributed by atoms with E-state index in [1.807, 2.05) is 35.0 Å². The van der Waals surface area contributed by atoms with E-state index in [2.05, 4.69) is 4.98 Å². The van der Waals surface area contributed by atoms with Crippen LogP contribution in [0.1, 0.15) is 17.2 Å². The second-order valence-corrected chi connectivity index (χ2v) is 7.29. The monoisotopic (exact) mass is 424 g/mol. The number of nitrogens with zero attached hydrogens (tertiary/aromatic N) is 2. The Balaban J connectivity index is 1.46. The molecule has 1 aromatic heterocycles. The van der Waals surface area contributed by atoms with Crippen molar-refractivity contribution in [1.82, 2.24) is 9.55 Å². The molecular weight excluding hydrogens is 406 g/mol. The predicted molar refractivity (Wildman–Crippen MR) is 113 cm³/mol. The van der Waals surface area contributed by atoms with Gasteiger partial charge in [-0.3, -0.25) is 0 Å². The molecule has 0 radical (unpaired) electrons. The molecule has 0 amide bonds. The van der Waals surface area contributed by atoms with Crippen molar-refractivity contribution in [3.05, 3.63) is 113 Å². The summed E-state index contributed by atoms with van der Waals surface area (Å²) in [6.45, 7) is 0.981. The number of aromatic nitrogens is 2. The first-order valence-electron chi connectivity index (χ1n) is 9.49. The third-order valence-corrected chi connectivity index (χ3v) is 5.00. The summed E-state index contributed by atoms with van der Waals surface area (Å²) in [5.74, 6) is -0.630. The van der Waals surface area contributed by atoms with Crippen molar-refractivity contribution in [3.8, 4) is 11.3 Å². The van der Waals surface area contributed by atoms with Crippen LogP contribution >= 0.6 is 11.6 Å². The second kappa shape index (κ2) is 9.20. The van der Waals surface area contributed by atoms with Crippen molar-refractivity contribution in [2.75, 3.05) is 6.61 Å². The molecule has 4 aromatic rings. The maximum Gasteiger partial charge on any atom is 0.123 e. The summed E-state index contributed by atoms with van der Waals surface area (Å²) in [6, 6.07) is 19.8. The Bertz CT molecular complexity index is 1050. The Morgan fingerprint density at radius 3 is 1.97 bits per heavy atom. The number of rotatable bonds is 7. The molecule has 6 heteroatoms. The molecule has 0 fully saturated rings. The molecule has 3 nitrogen and oxygen atoms in total. The lowest BCUT2D eigenvalue weighted by Crippen LogP contribution is -2.11. The molecule has 0 atom stereocenters. The molecule has 0 unspecified atom stereocenters. The molecule has 0 N–H and O–H groups in total. The zero-order valence-corrected chi connectivity index (χ0v) is 16.8. The summed E-state index contributed by atoms with van der Waals surface area (Å²) in [5, 5.41) is 0.680. The minimum absolute atomic E-state index is 0.315. The molecular formula is C24H19ClF2N2O. The smallest absolute Gasteiger partial charge is 0.123 e. The Morgan fingerprint density at radius 1 is 0.833 bits per heavy atom. The average molecular weight is 425 g/mol. The lowest BCUT2D eigenvalue weighted by Gasteiger charge is -2.19. The molecule has 0 saturated carbocycles. The molecule has 0 spiro atoms. The zero-order valence-electron chi connectivity index (χ0n) is 16.0. The normalized spacial score (nSPS) is 11.2. The van der Waals surface area contributed by atoms with Crippen LogP contribution in [-0.4, -0.2) is 16.2 Å². The summed E-state index contributed by atoms with van der Waals surface area (Å²) in [4.78, 5) is 4.43. The number of ether oxygens (including phenoxy) is 1. The van der Waals surface area contributed by atoms with Gasteiger partial charge in [0, 0.05) is 23.3 Å². The van der Waals surface area contributed by atoms with Crippen molar-refractivity contribution >= 4 is 11.6 Å². The molecule has 4 rings (SSSR count). The molecule has 30 heavy (non-hydrogen) atoms. The van der Waals surface area contributed by atoms with Gasteiger partial charge in [0.2, 0.25) is 0 Å². The fraction of sp³-hybridized carbons (Fsp3) is 0.125. The Hall–Kier alpha value is -3.02. The molecule has 0 saturated heterocycles. The molecule has 3 aromatic carbocycles. The third kappa shape index (κ3) is 4.93. The lowest BCUT2D eigenvalue weighted by molar-refractivity contribution is 0.0737. The lowest BCUT2D eigenvalue weighted by atomic mass is 10.0. The first-order chi connectivity index (χ1) is 14.6. The van der Waals surface area contributed by atoms with Gasteiger partial charge in [-0.2, -0.15) is 0 Å². The van der Waals surface area contributed by atoms with E-state index >= 15 is 0 Å². The van der Waals surface area contributed by atoms with Crippen molar-refractivity contribution < 1.29 is 13.5 Å².